The minimum Gasteiger partial charge on any atom is -0.467 e. The van der Waals surface area contributed by atoms with Gasteiger partial charge >= 0.3 is 5.69 Å². The molecule has 5 rings (SSSR count). The van der Waals surface area contributed by atoms with E-state index < -0.39 is 29.0 Å². The maximum atomic E-state index is 13.3. The van der Waals surface area contributed by atoms with Crippen molar-refractivity contribution in [1.82, 2.24) is 14.5 Å². The molecular formula is C26H21N5O6. The summed E-state index contributed by atoms with van der Waals surface area (Å²) >= 11 is 0. The van der Waals surface area contributed by atoms with Crippen molar-refractivity contribution in [2.45, 2.75) is 13.1 Å². The van der Waals surface area contributed by atoms with Crippen LogP contribution in [0.3, 0.4) is 0 Å². The van der Waals surface area contributed by atoms with Crippen molar-refractivity contribution in [2.24, 2.45) is 0 Å². The Hall–Kier alpha value is -5.19. The first-order valence-electron chi connectivity index (χ1n) is 11.2. The summed E-state index contributed by atoms with van der Waals surface area (Å²) in [6, 6.07) is 16.4. The van der Waals surface area contributed by atoms with Gasteiger partial charge in [0, 0.05) is 12.6 Å². The molecule has 0 radical (unpaired) electrons. The van der Waals surface area contributed by atoms with E-state index in [1.807, 2.05) is 6.07 Å². The lowest BCUT2D eigenvalue weighted by Gasteiger charge is -2.20. The number of furan rings is 1. The van der Waals surface area contributed by atoms with Gasteiger partial charge in [-0.05, 0) is 35.9 Å². The molecule has 0 spiro atoms. The third-order valence-electron chi connectivity index (χ3n) is 6.15. The number of fused-ring (bicyclic) bond motifs is 1. The normalized spacial score (nSPS) is 12.6. The van der Waals surface area contributed by atoms with E-state index in [2.05, 4.69) is 4.98 Å². The molecule has 1 aliphatic rings. The van der Waals surface area contributed by atoms with Crippen molar-refractivity contribution >= 4 is 29.2 Å². The first-order valence-corrected chi connectivity index (χ1v) is 11.2. The highest BCUT2D eigenvalue weighted by molar-refractivity contribution is 6.22. The second kappa shape index (κ2) is 9.11. The van der Waals surface area contributed by atoms with Gasteiger partial charge in [-0.2, -0.15) is 0 Å². The monoisotopic (exact) mass is 499 g/mol. The van der Waals surface area contributed by atoms with E-state index in [0.717, 1.165) is 19.9 Å². The highest BCUT2D eigenvalue weighted by Gasteiger charge is 2.37. The number of benzene rings is 2. The Morgan fingerprint density at radius 1 is 0.946 bits per heavy atom. The SMILES string of the molecule is CN(C(=O)c1ccc2c(c1)C(=O)N(Cc1ccco1)C2=O)c1c(N)n(Cc2ccccc2)c(=O)[nH]c1=O. The standard InChI is InChI=1S/C26H21N5O6/c1-29(20-21(27)30(26(36)28-22(20)32)13-15-6-3-2-4-7-15)23(33)16-9-10-18-19(12-16)25(35)31(24(18)34)14-17-8-5-11-37-17/h2-12H,13-14,27H2,1H3,(H,28,32,36). The Bertz CT molecular complexity index is 1650. The lowest BCUT2D eigenvalue weighted by molar-refractivity contribution is 0.0631. The van der Waals surface area contributed by atoms with Crippen molar-refractivity contribution in [3.05, 3.63) is 116 Å². The average molecular weight is 499 g/mol. The van der Waals surface area contributed by atoms with Crippen LogP contribution in [0.4, 0.5) is 11.5 Å². The highest BCUT2D eigenvalue weighted by Crippen LogP contribution is 2.27. The summed E-state index contributed by atoms with van der Waals surface area (Å²) in [7, 11) is 1.34. The molecule has 0 saturated heterocycles. The van der Waals surface area contributed by atoms with Gasteiger partial charge in [0.05, 0.1) is 30.5 Å². The van der Waals surface area contributed by atoms with Gasteiger partial charge in [-0.1, -0.05) is 30.3 Å². The molecule has 2 aromatic carbocycles. The number of nitrogens with zero attached hydrogens (tertiary/aromatic N) is 3. The van der Waals surface area contributed by atoms with Crippen molar-refractivity contribution in [3.8, 4) is 0 Å². The predicted molar refractivity (Wildman–Crippen MR) is 133 cm³/mol. The van der Waals surface area contributed by atoms with E-state index in [1.54, 1.807) is 36.4 Å². The first-order chi connectivity index (χ1) is 17.8. The van der Waals surface area contributed by atoms with Crippen LogP contribution in [-0.2, 0) is 13.1 Å². The maximum Gasteiger partial charge on any atom is 0.330 e. The summed E-state index contributed by atoms with van der Waals surface area (Å²) in [4.78, 5) is 68.4. The fourth-order valence-corrected chi connectivity index (χ4v) is 4.25. The van der Waals surface area contributed by atoms with E-state index in [9.17, 15) is 24.0 Å². The second-order valence-corrected chi connectivity index (χ2v) is 8.47. The van der Waals surface area contributed by atoms with E-state index in [-0.39, 0.29) is 41.3 Å². The molecule has 0 unspecified atom stereocenters. The molecule has 2 aromatic heterocycles. The number of anilines is 2. The largest absolute Gasteiger partial charge is 0.467 e. The van der Waals surface area contributed by atoms with Crippen LogP contribution in [0.1, 0.15) is 42.4 Å². The molecule has 3 amide bonds. The second-order valence-electron chi connectivity index (χ2n) is 8.47. The molecule has 11 heteroatoms. The molecule has 3 heterocycles. The molecule has 0 bridgehead atoms. The van der Waals surface area contributed by atoms with Gasteiger partial charge in [0.15, 0.2) is 5.69 Å². The minimum absolute atomic E-state index is 0.0442. The number of carbonyl (C=O) groups is 3. The van der Waals surface area contributed by atoms with Crippen LogP contribution >= 0.6 is 0 Å². The number of hydrogen-bond donors (Lipinski definition) is 2. The molecule has 0 aliphatic carbocycles. The number of H-pyrrole nitrogens is 1. The van der Waals surface area contributed by atoms with Gasteiger partial charge in [-0.3, -0.25) is 33.6 Å². The maximum absolute atomic E-state index is 13.3. The number of hydrogen-bond acceptors (Lipinski definition) is 7. The topological polar surface area (TPSA) is 152 Å². The summed E-state index contributed by atoms with van der Waals surface area (Å²) in [6.07, 6.45) is 1.44. The Balaban J connectivity index is 1.46. The fraction of sp³-hybridized carbons (Fsp3) is 0.115. The van der Waals surface area contributed by atoms with E-state index in [1.165, 1.54) is 31.5 Å². The summed E-state index contributed by atoms with van der Waals surface area (Å²) in [5, 5.41) is 0. The Morgan fingerprint density at radius 3 is 2.38 bits per heavy atom. The van der Waals surface area contributed by atoms with Crippen LogP contribution < -0.4 is 21.9 Å². The van der Waals surface area contributed by atoms with E-state index in [4.69, 9.17) is 10.2 Å². The van der Waals surface area contributed by atoms with Crippen LogP contribution in [0.2, 0.25) is 0 Å². The molecule has 3 N–H and O–H groups in total. The van der Waals surface area contributed by atoms with Gasteiger partial charge in [-0.15, -0.1) is 0 Å². The highest BCUT2D eigenvalue weighted by atomic mass is 16.3. The zero-order valence-corrected chi connectivity index (χ0v) is 19.6. The lowest BCUT2D eigenvalue weighted by Crippen LogP contribution is -2.39. The zero-order valence-electron chi connectivity index (χ0n) is 19.6. The van der Waals surface area contributed by atoms with Crippen LogP contribution in [0.25, 0.3) is 0 Å². The molecular weight excluding hydrogens is 478 g/mol. The number of rotatable bonds is 6. The van der Waals surface area contributed by atoms with Crippen molar-refractivity contribution in [1.29, 1.82) is 0 Å². The van der Waals surface area contributed by atoms with Crippen molar-refractivity contribution in [2.75, 3.05) is 17.7 Å². The van der Waals surface area contributed by atoms with Gasteiger partial charge in [-0.25, -0.2) is 4.79 Å². The van der Waals surface area contributed by atoms with Crippen LogP contribution in [0.15, 0.2) is 80.9 Å². The van der Waals surface area contributed by atoms with Gasteiger partial charge < -0.3 is 15.1 Å². The molecule has 0 fully saturated rings. The number of nitrogens with one attached hydrogen (secondary N) is 1. The molecule has 11 nitrogen and oxygen atoms in total. The number of nitrogen functional groups attached to an aromatic ring is 1. The summed E-state index contributed by atoms with van der Waals surface area (Å²) in [5.41, 5.74) is 5.47. The number of carbonyl (C=O) groups excluding carboxylic acids is 3. The molecule has 0 saturated carbocycles. The number of nitrogens with two attached hydrogens (primary N) is 1. The van der Waals surface area contributed by atoms with Crippen LogP contribution in [-0.4, -0.2) is 39.2 Å². The average Bonchev–Trinajstić information content (AvgIpc) is 3.49. The summed E-state index contributed by atoms with van der Waals surface area (Å²) in [6.45, 7) is 0.0374. The minimum atomic E-state index is -0.834. The zero-order chi connectivity index (χ0) is 26.3. The quantitative estimate of drug-likeness (QED) is 0.384. The number of aromatic amines is 1. The molecule has 4 aromatic rings. The number of amides is 3. The number of aromatic nitrogens is 2. The fourth-order valence-electron chi connectivity index (χ4n) is 4.25. The van der Waals surface area contributed by atoms with Crippen molar-refractivity contribution < 1.29 is 18.8 Å². The van der Waals surface area contributed by atoms with E-state index >= 15 is 0 Å². The predicted octanol–water partition coefficient (Wildman–Crippen LogP) is 1.83. The molecule has 1 aliphatic heterocycles. The smallest absolute Gasteiger partial charge is 0.330 e. The molecule has 0 atom stereocenters. The van der Waals surface area contributed by atoms with E-state index in [0.29, 0.717) is 5.76 Å². The third-order valence-corrected chi connectivity index (χ3v) is 6.15. The third kappa shape index (κ3) is 4.12. The Kier molecular flexibility index (Phi) is 5.80. The summed E-state index contributed by atoms with van der Waals surface area (Å²) in [5.74, 6) is -1.48. The first kappa shape index (κ1) is 23.5. The lowest BCUT2D eigenvalue weighted by atomic mass is 10.0. The van der Waals surface area contributed by atoms with Gasteiger partial charge in [0.25, 0.3) is 23.3 Å². The van der Waals surface area contributed by atoms with Gasteiger partial charge in [0.2, 0.25) is 0 Å². The summed E-state index contributed by atoms with van der Waals surface area (Å²) < 4.78 is 6.40. The van der Waals surface area contributed by atoms with Crippen LogP contribution in [0, 0.1) is 0 Å². The van der Waals surface area contributed by atoms with Crippen molar-refractivity contribution in [3.63, 3.8) is 0 Å². The Labute approximate surface area is 209 Å². The molecule has 37 heavy (non-hydrogen) atoms. The molecule has 186 valence electrons. The van der Waals surface area contributed by atoms with Crippen LogP contribution in [0.5, 0.6) is 0 Å². The number of imide groups is 1. The Morgan fingerprint density at radius 2 is 1.68 bits per heavy atom. The van der Waals surface area contributed by atoms with Gasteiger partial charge in [0.1, 0.15) is 11.6 Å².